The summed E-state index contributed by atoms with van der Waals surface area (Å²) in [7, 11) is 3.16. The molecule has 0 aliphatic carbocycles. The quantitative estimate of drug-likeness (QED) is 0.313. The van der Waals surface area contributed by atoms with Gasteiger partial charge in [0.1, 0.15) is 10.9 Å². The predicted octanol–water partition coefficient (Wildman–Crippen LogP) is 2.60. The van der Waals surface area contributed by atoms with Crippen LogP contribution in [-0.4, -0.2) is 36.1 Å². The molecular weight excluding hydrogens is 446 g/mol. The van der Waals surface area contributed by atoms with Crippen LogP contribution in [0, 0.1) is 6.92 Å². The average molecular weight is 477 g/mol. The number of methoxy groups -OCH3 is 2. The summed E-state index contributed by atoms with van der Waals surface area (Å²) >= 11 is 0. The number of benzene rings is 1. The second kappa shape index (κ2) is 9.61. The molecule has 3 heterocycles. The summed E-state index contributed by atoms with van der Waals surface area (Å²) in [5.41, 5.74) is 9.33. The fourth-order valence-corrected chi connectivity index (χ4v) is 4.23. The molecule has 4 aromatic rings. The molecule has 0 bridgehead atoms. The van der Waals surface area contributed by atoms with Gasteiger partial charge in [0.25, 0.3) is 17.1 Å². The molecule has 9 heteroatoms. The SMILES string of the molecule is COc1ccc(CCNC(=O)c2cc3c(=O)n4cccc(C)c4nc3[n+](C(C)C)c2N)cc1OC. The van der Waals surface area contributed by atoms with E-state index in [2.05, 4.69) is 5.32 Å². The van der Waals surface area contributed by atoms with E-state index in [4.69, 9.17) is 20.2 Å². The standard InChI is InChI=1S/C26H29N5O4/c1-15(2)31-22(27)18(14-19-24(31)29-23-16(3)7-6-12-30(23)26(19)33)25(32)28-11-10-17-8-9-20(34-4)21(13-17)35-5/h6-9,12-15,27H,10-11H2,1-5H3,(H,28,32)/p+1. The highest BCUT2D eigenvalue weighted by Crippen LogP contribution is 2.27. The Morgan fingerprint density at radius 2 is 1.91 bits per heavy atom. The van der Waals surface area contributed by atoms with Crippen molar-refractivity contribution < 1.29 is 18.8 Å². The molecule has 0 fully saturated rings. The molecule has 3 N–H and O–H groups in total. The first-order valence-electron chi connectivity index (χ1n) is 11.4. The van der Waals surface area contributed by atoms with Gasteiger partial charge in [-0.3, -0.25) is 14.0 Å². The summed E-state index contributed by atoms with van der Waals surface area (Å²) in [4.78, 5) is 31.2. The van der Waals surface area contributed by atoms with Crippen LogP contribution in [0.2, 0.25) is 0 Å². The molecule has 9 nitrogen and oxygen atoms in total. The number of nitrogen functional groups attached to an aromatic ring is 1. The van der Waals surface area contributed by atoms with Gasteiger partial charge in [-0.1, -0.05) is 17.1 Å². The van der Waals surface area contributed by atoms with Crippen LogP contribution in [0.5, 0.6) is 11.5 Å². The molecule has 0 unspecified atom stereocenters. The zero-order valence-electron chi connectivity index (χ0n) is 20.6. The van der Waals surface area contributed by atoms with Crippen molar-refractivity contribution in [1.82, 2.24) is 14.7 Å². The molecule has 0 saturated heterocycles. The molecular formula is C26H30N5O4+. The molecule has 1 amide bonds. The van der Waals surface area contributed by atoms with Gasteiger partial charge < -0.3 is 20.5 Å². The number of ether oxygens (including phenoxy) is 2. The summed E-state index contributed by atoms with van der Waals surface area (Å²) in [5, 5.41) is 3.25. The van der Waals surface area contributed by atoms with E-state index in [1.165, 1.54) is 4.40 Å². The summed E-state index contributed by atoms with van der Waals surface area (Å²) in [6.07, 6.45) is 2.26. The van der Waals surface area contributed by atoms with Gasteiger partial charge in [-0.2, -0.15) is 0 Å². The maximum absolute atomic E-state index is 13.3. The number of anilines is 1. The number of nitrogens with zero attached hydrogens (tertiary/aromatic N) is 3. The lowest BCUT2D eigenvalue weighted by molar-refractivity contribution is -0.679. The van der Waals surface area contributed by atoms with E-state index < -0.39 is 0 Å². The molecule has 0 atom stereocenters. The predicted molar refractivity (Wildman–Crippen MR) is 134 cm³/mol. The molecule has 0 aliphatic rings. The van der Waals surface area contributed by atoms with Crippen LogP contribution in [-0.2, 0) is 6.42 Å². The number of hydrogen-bond donors (Lipinski definition) is 2. The van der Waals surface area contributed by atoms with Crippen LogP contribution in [0.15, 0.2) is 47.4 Å². The van der Waals surface area contributed by atoms with E-state index in [1.54, 1.807) is 37.1 Å². The summed E-state index contributed by atoms with van der Waals surface area (Å²) in [6, 6.07) is 10.8. The van der Waals surface area contributed by atoms with Gasteiger partial charge in [0, 0.05) is 18.3 Å². The number of carbonyl (C=O) groups excluding carboxylic acids is 1. The van der Waals surface area contributed by atoms with Crippen LogP contribution >= 0.6 is 0 Å². The zero-order chi connectivity index (χ0) is 25.3. The Labute approximate surface area is 203 Å². The molecule has 0 saturated carbocycles. The van der Waals surface area contributed by atoms with Crippen LogP contribution < -0.4 is 30.7 Å². The van der Waals surface area contributed by atoms with Gasteiger partial charge in [0.2, 0.25) is 11.5 Å². The molecule has 3 aromatic heterocycles. The van der Waals surface area contributed by atoms with Gasteiger partial charge in [-0.15, -0.1) is 0 Å². The molecule has 4 rings (SSSR count). The molecule has 182 valence electrons. The lowest BCUT2D eigenvalue weighted by Crippen LogP contribution is -2.44. The maximum Gasteiger partial charge on any atom is 0.278 e. The minimum atomic E-state index is -0.354. The fraction of sp³-hybridized carbons (Fsp3) is 0.308. The summed E-state index contributed by atoms with van der Waals surface area (Å²) in [6.45, 7) is 6.16. The second-order valence-corrected chi connectivity index (χ2v) is 8.64. The molecule has 35 heavy (non-hydrogen) atoms. The van der Waals surface area contributed by atoms with Crippen LogP contribution in [0.4, 0.5) is 5.82 Å². The van der Waals surface area contributed by atoms with Crippen molar-refractivity contribution in [3.05, 3.63) is 69.6 Å². The van der Waals surface area contributed by atoms with E-state index in [0.29, 0.717) is 41.1 Å². The Morgan fingerprint density at radius 3 is 2.60 bits per heavy atom. The smallest absolute Gasteiger partial charge is 0.278 e. The number of nitrogens with two attached hydrogens (primary N) is 1. The third-order valence-electron chi connectivity index (χ3n) is 6.02. The number of rotatable bonds is 7. The number of aryl methyl sites for hydroxylation is 1. The normalized spacial score (nSPS) is 11.3. The third kappa shape index (κ3) is 4.37. The van der Waals surface area contributed by atoms with Crippen molar-refractivity contribution in [2.24, 2.45) is 0 Å². The average Bonchev–Trinajstić information content (AvgIpc) is 2.84. The Hall–Kier alpha value is -4.14. The van der Waals surface area contributed by atoms with E-state index in [1.807, 2.05) is 45.0 Å². The number of hydrogen-bond acceptors (Lipinski definition) is 6. The second-order valence-electron chi connectivity index (χ2n) is 8.64. The number of carbonyl (C=O) groups is 1. The minimum absolute atomic E-state index is 0.115. The van der Waals surface area contributed by atoms with Gasteiger partial charge >= 0.3 is 0 Å². The number of amides is 1. The van der Waals surface area contributed by atoms with Crippen molar-refractivity contribution in [3.8, 4) is 11.5 Å². The van der Waals surface area contributed by atoms with Crippen molar-refractivity contribution in [3.63, 3.8) is 0 Å². The summed E-state index contributed by atoms with van der Waals surface area (Å²) in [5.74, 6) is 1.18. The third-order valence-corrected chi connectivity index (χ3v) is 6.02. The number of aromatic nitrogens is 3. The first-order valence-corrected chi connectivity index (χ1v) is 11.4. The molecule has 0 aliphatic heterocycles. The Bertz CT molecular complexity index is 1490. The first kappa shape index (κ1) is 24.0. The highest BCUT2D eigenvalue weighted by molar-refractivity contribution is 6.00. The monoisotopic (exact) mass is 476 g/mol. The van der Waals surface area contributed by atoms with E-state index >= 15 is 0 Å². The number of nitrogens with one attached hydrogen (secondary N) is 1. The Balaban J connectivity index is 1.69. The highest BCUT2D eigenvalue weighted by atomic mass is 16.5. The topological polar surface area (TPSA) is 112 Å². The van der Waals surface area contributed by atoms with Gasteiger partial charge in [-0.05, 0) is 57.0 Å². The minimum Gasteiger partial charge on any atom is -0.493 e. The molecule has 0 radical (unpaired) electrons. The number of pyridine rings is 2. The molecule has 0 spiro atoms. The van der Waals surface area contributed by atoms with Gasteiger partial charge in [-0.25, -0.2) is 4.57 Å². The Kier molecular flexibility index (Phi) is 6.59. The van der Waals surface area contributed by atoms with E-state index in [9.17, 15) is 9.59 Å². The summed E-state index contributed by atoms with van der Waals surface area (Å²) < 4.78 is 13.9. The maximum atomic E-state index is 13.3. The zero-order valence-corrected chi connectivity index (χ0v) is 20.6. The first-order chi connectivity index (χ1) is 16.8. The van der Waals surface area contributed by atoms with Gasteiger partial charge in [0.05, 0.1) is 20.3 Å². The number of fused-ring (bicyclic) bond motifs is 2. The lowest BCUT2D eigenvalue weighted by Gasteiger charge is -2.15. The van der Waals surface area contributed by atoms with Crippen molar-refractivity contribution in [2.45, 2.75) is 33.2 Å². The van der Waals surface area contributed by atoms with E-state index in [-0.39, 0.29) is 28.9 Å². The van der Waals surface area contributed by atoms with Crippen molar-refractivity contribution in [2.75, 3.05) is 26.5 Å². The molecule has 1 aromatic carbocycles. The van der Waals surface area contributed by atoms with Crippen LogP contribution in [0.3, 0.4) is 0 Å². The van der Waals surface area contributed by atoms with Crippen LogP contribution in [0.25, 0.3) is 16.7 Å². The Morgan fingerprint density at radius 1 is 1.17 bits per heavy atom. The van der Waals surface area contributed by atoms with Crippen molar-refractivity contribution in [1.29, 1.82) is 0 Å². The highest BCUT2D eigenvalue weighted by Gasteiger charge is 2.26. The lowest BCUT2D eigenvalue weighted by atomic mass is 10.1. The fourth-order valence-electron chi connectivity index (χ4n) is 4.23. The largest absolute Gasteiger partial charge is 0.493 e. The van der Waals surface area contributed by atoms with E-state index in [0.717, 1.165) is 11.1 Å². The van der Waals surface area contributed by atoms with Crippen molar-refractivity contribution >= 4 is 28.4 Å². The van der Waals surface area contributed by atoms with Gasteiger partial charge in [0.15, 0.2) is 11.5 Å². The van der Waals surface area contributed by atoms with Crippen LogP contribution in [0.1, 0.15) is 41.4 Å².